The van der Waals surface area contributed by atoms with E-state index in [4.69, 9.17) is 0 Å². The van der Waals surface area contributed by atoms with Crippen molar-refractivity contribution < 1.29 is 4.79 Å². The maximum atomic E-state index is 12.7. The molecule has 0 aromatic heterocycles. The van der Waals surface area contributed by atoms with E-state index in [2.05, 4.69) is 59.5 Å². The van der Waals surface area contributed by atoms with E-state index in [1.807, 2.05) is 30.1 Å². The van der Waals surface area contributed by atoms with E-state index >= 15 is 0 Å². The lowest BCUT2D eigenvalue weighted by atomic mass is 10.0. The summed E-state index contributed by atoms with van der Waals surface area (Å²) < 4.78 is 0. The van der Waals surface area contributed by atoms with Crippen molar-refractivity contribution >= 4 is 16.7 Å². The van der Waals surface area contributed by atoms with Crippen LogP contribution in [0.5, 0.6) is 0 Å². The molecule has 1 fully saturated rings. The van der Waals surface area contributed by atoms with Crippen molar-refractivity contribution in [2.24, 2.45) is 0 Å². The van der Waals surface area contributed by atoms with Gasteiger partial charge in [0.05, 0.1) is 0 Å². The second-order valence-corrected chi connectivity index (χ2v) is 7.83. The SMILES string of the molecule is CN(Cc1ccccc1)C(=O)CCN(Cc1cccc2ccccc12)C1CC1. The van der Waals surface area contributed by atoms with Crippen LogP contribution in [0.4, 0.5) is 0 Å². The van der Waals surface area contributed by atoms with Gasteiger partial charge < -0.3 is 4.90 Å². The number of rotatable bonds is 8. The summed E-state index contributed by atoms with van der Waals surface area (Å²) in [5, 5.41) is 2.61. The van der Waals surface area contributed by atoms with Crippen LogP contribution in [0.15, 0.2) is 72.8 Å². The molecule has 0 saturated heterocycles. The quantitative estimate of drug-likeness (QED) is 0.564. The minimum Gasteiger partial charge on any atom is -0.341 e. The van der Waals surface area contributed by atoms with Gasteiger partial charge in [0.15, 0.2) is 0 Å². The van der Waals surface area contributed by atoms with Crippen molar-refractivity contribution in [3.05, 3.63) is 83.9 Å². The molecular formula is C25H28N2O. The third-order valence-electron chi connectivity index (χ3n) is 5.62. The number of nitrogens with zero attached hydrogens (tertiary/aromatic N) is 2. The third kappa shape index (κ3) is 4.60. The zero-order chi connectivity index (χ0) is 19.3. The zero-order valence-electron chi connectivity index (χ0n) is 16.6. The Kier molecular flexibility index (Phi) is 5.73. The molecule has 3 aromatic rings. The van der Waals surface area contributed by atoms with Crippen molar-refractivity contribution in [1.29, 1.82) is 0 Å². The Morgan fingerprint density at radius 1 is 0.893 bits per heavy atom. The maximum absolute atomic E-state index is 12.7. The van der Waals surface area contributed by atoms with Gasteiger partial charge in [-0.1, -0.05) is 72.8 Å². The highest BCUT2D eigenvalue weighted by Crippen LogP contribution is 2.30. The fraction of sp³-hybridized carbons (Fsp3) is 0.320. The third-order valence-corrected chi connectivity index (χ3v) is 5.62. The Bertz CT molecular complexity index is 928. The van der Waals surface area contributed by atoms with E-state index in [0.717, 1.165) is 13.1 Å². The molecular weight excluding hydrogens is 344 g/mol. The average Bonchev–Trinajstić information content (AvgIpc) is 3.57. The number of fused-ring (bicyclic) bond motifs is 1. The summed E-state index contributed by atoms with van der Waals surface area (Å²) in [7, 11) is 1.90. The van der Waals surface area contributed by atoms with E-state index in [1.165, 1.54) is 34.7 Å². The predicted molar refractivity (Wildman–Crippen MR) is 115 cm³/mol. The lowest BCUT2D eigenvalue weighted by molar-refractivity contribution is -0.130. The second-order valence-electron chi connectivity index (χ2n) is 7.83. The molecule has 0 unspecified atom stereocenters. The Labute approximate surface area is 167 Å². The highest BCUT2D eigenvalue weighted by atomic mass is 16.2. The number of carbonyl (C=O) groups excluding carboxylic acids is 1. The second kappa shape index (κ2) is 8.57. The summed E-state index contributed by atoms with van der Waals surface area (Å²) in [4.78, 5) is 17.0. The van der Waals surface area contributed by atoms with Gasteiger partial charge in [-0.05, 0) is 34.7 Å². The van der Waals surface area contributed by atoms with Crippen LogP contribution in [0, 0.1) is 0 Å². The molecule has 0 radical (unpaired) electrons. The Morgan fingerprint density at radius 3 is 2.39 bits per heavy atom. The van der Waals surface area contributed by atoms with Crippen molar-refractivity contribution in [3.8, 4) is 0 Å². The lowest BCUT2D eigenvalue weighted by Crippen LogP contribution is -2.33. The topological polar surface area (TPSA) is 23.6 Å². The fourth-order valence-corrected chi connectivity index (χ4v) is 3.86. The molecule has 4 rings (SSSR count). The summed E-state index contributed by atoms with van der Waals surface area (Å²) in [6, 6.07) is 25.9. The van der Waals surface area contributed by atoms with E-state index in [0.29, 0.717) is 19.0 Å². The molecule has 1 amide bonds. The van der Waals surface area contributed by atoms with E-state index in [9.17, 15) is 4.79 Å². The zero-order valence-corrected chi connectivity index (χ0v) is 16.6. The summed E-state index contributed by atoms with van der Waals surface area (Å²) in [6.45, 7) is 2.42. The van der Waals surface area contributed by atoms with Crippen LogP contribution >= 0.6 is 0 Å². The molecule has 0 bridgehead atoms. The molecule has 0 aliphatic heterocycles. The highest BCUT2D eigenvalue weighted by Gasteiger charge is 2.29. The van der Waals surface area contributed by atoms with Crippen LogP contribution in [0.1, 0.15) is 30.4 Å². The number of amides is 1. The lowest BCUT2D eigenvalue weighted by Gasteiger charge is -2.24. The molecule has 1 saturated carbocycles. The van der Waals surface area contributed by atoms with E-state index in [1.54, 1.807) is 0 Å². The summed E-state index contributed by atoms with van der Waals surface area (Å²) in [6.07, 6.45) is 3.07. The fourth-order valence-electron chi connectivity index (χ4n) is 3.86. The first-order valence-corrected chi connectivity index (χ1v) is 10.2. The van der Waals surface area contributed by atoms with Crippen molar-refractivity contribution in [3.63, 3.8) is 0 Å². The molecule has 28 heavy (non-hydrogen) atoms. The summed E-state index contributed by atoms with van der Waals surface area (Å²) >= 11 is 0. The maximum Gasteiger partial charge on any atom is 0.223 e. The minimum atomic E-state index is 0.215. The molecule has 0 spiro atoms. The predicted octanol–water partition coefficient (Wildman–Crippen LogP) is 4.85. The first-order valence-electron chi connectivity index (χ1n) is 10.2. The molecule has 144 valence electrons. The molecule has 0 N–H and O–H groups in total. The summed E-state index contributed by atoms with van der Waals surface area (Å²) in [5.74, 6) is 0.215. The number of carbonyl (C=O) groups is 1. The van der Waals surface area contributed by atoms with Crippen LogP contribution in [-0.4, -0.2) is 35.3 Å². The monoisotopic (exact) mass is 372 g/mol. The number of hydrogen-bond acceptors (Lipinski definition) is 2. The Hall–Kier alpha value is -2.65. The standard InChI is InChI=1S/C25H28N2O/c1-26(18-20-8-3-2-4-9-20)25(28)16-17-27(23-14-15-23)19-22-12-7-11-21-10-5-6-13-24(21)22/h2-13,23H,14-19H2,1H3. The van der Waals surface area contributed by atoms with Crippen molar-refractivity contribution in [1.82, 2.24) is 9.80 Å². The van der Waals surface area contributed by atoms with Crippen molar-refractivity contribution in [2.75, 3.05) is 13.6 Å². The molecule has 3 nitrogen and oxygen atoms in total. The van der Waals surface area contributed by atoms with Crippen LogP contribution in [0.2, 0.25) is 0 Å². The van der Waals surface area contributed by atoms with Gasteiger partial charge in [-0.3, -0.25) is 9.69 Å². The molecule has 0 heterocycles. The van der Waals surface area contributed by atoms with Gasteiger partial charge >= 0.3 is 0 Å². The van der Waals surface area contributed by atoms with Gasteiger partial charge in [0.2, 0.25) is 5.91 Å². The normalized spacial score (nSPS) is 13.8. The average molecular weight is 373 g/mol. The van der Waals surface area contributed by atoms with Gasteiger partial charge in [-0.25, -0.2) is 0 Å². The first kappa shape index (κ1) is 18.7. The van der Waals surface area contributed by atoms with Gasteiger partial charge in [0.25, 0.3) is 0 Å². The van der Waals surface area contributed by atoms with Crippen LogP contribution in [0.3, 0.4) is 0 Å². The van der Waals surface area contributed by atoms with Crippen LogP contribution in [0.25, 0.3) is 10.8 Å². The summed E-state index contributed by atoms with van der Waals surface area (Å²) in [5.41, 5.74) is 2.53. The van der Waals surface area contributed by atoms with Gasteiger partial charge in [0, 0.05) is 39.1 Å². The molecule has 3 heteroatoms. The van der Waals surface area contributed by atoms with Crippen molar-refractivity contribution in [2.45, 2.75) is 38.4 Å². The minimum absolute atomic E-state index is 0.215. The molecule has 1 aliphatic carbocycles. The molecule has 3 aromatic carbocycles. The highest BCUT2D eigenvalue weighted by molar-refractivity contribution is 5.85. The first-order chi connectivity index (χ1) is 13.7. The Morgan fingerprint density at radius 2 is 1.61 bits per heavy atom. The van der Waals surface area contributed by atoms with E-state index < -0.39 is 0 Å². The number of hydrogen-bond donors (Lipinski definition) is 0. The molecule has 0 atom stereocenters. The smallest absolute Gasteiger partial charge is 0.223 e. The number of benzene rings is 3. The van der Waals surface area contributed by atoms with Crippen LogP contribution < -0.4 is 0 Å². The van der Waals surface area contributed by atoms with Gasteiger partial charge in [-0.2, -0.15) is 0 Å². The largest absolute Gasteiger partial charge is 0.341 e. The van der Waals surface area contributed by atoms with Crippen LogP contribution in [-0.2, 0) is 17.9 Å². The van der Waals surface area contributed by atoms with Gasteiger partial charge in [0.1, 0.15) is 0 Å². The van der Waals surface area contributed by atoms with Gasteiger partial charge in [-0.15, -0.1) is 0 Å². The Balaban J connectivity index is 1.38. The van der Waals surface area contributed by atoms with E-state index in [-0.39, 0.29) is 5.91 Å². The molecule has 1 aliphatic rings.